The largest absolute Gasteiger partial charge is 0.487 e. The fourth-order valence-corrected chi connectivity index (χ4v) is 5.52. The number of aromatic nitrogens is 2. The minimum atomic E-state index is -0.148. The van der Waals surface area contributed by atoms with Gasteiger partial charge in [-0.3, -0.25) is 4.79 Å². The predicted octanol–water partition coefficient (Wildman–Crippen LogP) is 4.68. The number of pyridine rings is 1. The Morgan fingerprint density at radius 2 is 1.95 bits per heavy atom. The van der Waals surface area contributed by atoms with Gasteiger partial charge in [-0.15, -0.1) is 0 Å². The highest BCUT2D eigenvalue weighted by Gasteiger charge is 2.27. The Morgan fingerprint density at radius 1 is 1.15 bits per heavy atom. The Morgan fingerprint density at radius 3 is 2.73 bits per heavy atom. The predicted molar refractivity (Wildman–Crippen MR) is 159 cm³/mol. The molecule has 9 nitrogen and oxygen atoms in total. The smallest absolute Gasteiger partial charge is 0.228 e. The number of benzene rings is 2. The number of H-pyrrole nitrogens is 1. The molecular weight excluding hydrogens is 516 g/mol. The van der Waals surface area contributed by atoms with E-state index in [1.54, 1.807) is 24.4 Å². The number of anilines is 1. The maximum Gasteiger partial charge on any atom is 0.228 e. The summed E-state index contributed by atoms with van der Waals surface area (Å²) in [5, 5.41) is 10.9. The monoisotopic (exact) mass is 548 g/mol. The zero-order valence-corrected chi connectivity index (χ0v) is 23.0. The number of ether oxygens (including phenoxy) is 2. The second-order valence-corrected chi connectivity index (χ2v) is 10.3. The van der Waals surface area contributed by atoms with E-state index < -0.39 is 0 Å². The Bertz CT molecular complexity index is 1610. The molecule has 4 aromatic rings. The molecule has 0 aliphatic carbocycles. The Balaban J connectivity index is 1.21. The molecule has 1 amide bonds. The SMILES string of the molecule is CN=CCC(=O)N1CC[C@H](Oc2ccc(-c3ccnc4[nH]c(-c5ccc(N6CCOCC6)cc5)cc34)cc2C#N)C1. The summed E-state index contributed by atoms with van der Waals surface area (Å²) in [5.74, 6) is 0.573. The maximum atomic E-state index is 12.3. The van der Waals surface area contributed by atoms with Crippen LogP contribution in [0.4, 0.5) is 5.69 Å². The average Bonchev–Trinajstić information content (AvgIpc) is 3.68. The summed E-state index contributed by atoms with van der Waals surface area (Å²) in [7, 11) is 1.66. The number of aliphatic imine (C=N–C) groups is 1. The van der Waals surface area contributed by atoms with Gasteiger partial charge in [-0.05, 0) is 53.1 Å². The lowest BCUT2D eigenvalue weighted by molar-refractivity contribution is -0.129. The molecule has 2 aromatic heterocycles. The first-order valence-electron chi connectivity index (χ1n) is 13.9. The van der Waals surface area contributed by atoms with Crippen molar-refractivity contribution >= 4 is 28.8 Å². The first-order valence-corrected chi connectivity index (χ1v) is 13.9. The van der Waals surface area contributed by atoms with Crippen LogP contribution in [0.2, 0.25) is 0 Å². The van der Waals surface area contributed by atoms with Crippen molar-refractivity contribution in [1.82, 2.24) is 14.9 Å². The summed E-state index contributed by atoms with van der Waals surface area (Å²) in [6.45, 7) is 4.47. The lowest BCUT2D eigenvalue weighted by atomic mass is 10.0. The van der Waals surface area contributed by atoms with Gasteiger partial charge < -0.3 is 29.2 Å². The van der Waals surface area contributed by atoms with Crippen molar-refractivity contribution in [2.45, 2.75) is 18.9 Å². The van der Waals surface area contributed by atoms with E-state index in [1.807, 2.05) is 24.3 Å². The minimum Gasteiger partial charge on any atom is -0.487 e. The summed E-state index contributed by atoms with van der Waals surface area (Å²) in [5.41, 5.74) is 6.42. The van der Waals surface area contributed by atoms with Crippen LogP contribution < -0.4 is 9.64 Å². The van der Waals surface area contributed by atoms with E-state index in [-0.39, 0.29) is 12.0 Å². The first kappa shape index (κ1) is 26.5. The number of rotatable bonds is 7. The fraction of sp³-hybridized carbons (Fsp3) is 0.312. The number of aromatic amines is 1. The van der Waals surface area contributed by atoms with Gasteiger partial charge in [-0.2, -0.15) is 5.26 Å². The molecule has 2 aromatic carbocycles. The van der Waals surface area contributed by atoms with Gasteiger partial charge in [0.05, 0.1) is 31.7 Å². The molecule has 4 heterocycles. The number of nitrogens with one attached hydrogen (secondary N) is 1. The number of carbonyl (C=O) groups is 1. The third-order valence-corrected chi connectivity index (χ3v) is 7.74. The molecule has 2 fully saturated rings. The second kappa shape index (κ2) is 11.8. The van der Waals surface area contributed by atoms with Crippen molar-refractivity contribution in [1.29, 1.82) is 5.26 Å². The molecule has 2 aliphatic heterocycles. The number of morpholine rings is 1. The van der Waals surface area contributed by atoms with Gasteiger partial charge in [0.2, 0.25) is 5.91 Å². The molecule has 0 unspecified atom stereocenters. The lowest BCUT2D eigenvalue weighted by Crippen LogP contribution is -2.36. The van der Waals surface area contributed by atoms with E-state index in [2.05, 4.69) is 56.3 Å². The highest BCUT2D eigenvalue weighted by atomic mass is 16.5. The average molecular weight is 549 g/mol. The lowest BCUT2D eigenvalue weighted by Gasteiger charge is -2.28. The van der Waals surface area contributed by atoms with Crippen LogP contribution in [-0.2, 0) is 9.53 Å². The van der Waals surface area contributed by atoms with Crippen LogP contribution in [-0.4, -0.2) is 79.5 Å². The molecule has 9 heteroatoms. The highest BCUT2D eigenvalue weighted by Crippen LogP contribution is 2.34. The third-order valence-electron chi connectivity index (χ3n) is 7.74. The number of carbonyl (C=O) groups excluding carboxylic acids is 1. The highest BCUT2D eigenvalue weighted by molar-refractivity contribution is 5.96. The molecule has 0 radical (unpaired) electrons. The summed E-state index contributed by atoms with van der Waals surface area (Å²) < 4.78 is 11.7. The van der Waals surface area contributed by atoms with Gasteiger partial charge >= 0.3 is 0 Å². The van der Waals surface area contributed by atoms with Crippen LogP contribution in [0, 0.1) is 11.3 Å². The number of hydrogen-bond donors (Lipinski definition) is 1. The third kappa shape index (κ3) is 5.65. The van der Waals surface area contributed by atoms with Crippen molar-refractivity contribution in [3.8, 4) is 34.2 Å². The van der Waals surface area contributed by atoms with Gasteiger partial charge in [0.15, 0.2) is 0 Å². The van der Waals surface area contributed by atoms with Crippen molar-refractivity contribution in [3.63, 3.8) is 0 Å². The second-order valence-electron chi connectivity index (χ2n) is 10.3. The van der Waals surface area contributed by atoms with Crippen LogP contribution in [0.5, 0.6) is 5.75 Å². The standard InChI is InChI=1S/C32H32N6O3/c1-34-11-9-31(39)38-13-10-26(21-38)41-30-7-4-23(18-24(30)20-33)27-8-12-35-32-28(27)19-29(36-32)22-2-5-25(6-3-22)37-14-16-40-17-15-37/h2-8,11-12,18-19,26H,9-10,13-17,21H2,1H3,(H,35,36)/t26-/m0/s1. The van der Waals surface area contributed by atoms with E-state index in [0.717, 1.165) is 66.1 Å². The van der Waals surface area contributed by atoms with Crippen LogP contribution in [0.3, 0.4) is 0 Å². The van der Waals surface area contributed by atoms with Gasteiger partial charge in [0, 0.05) is 62.3 Å². The molecule has 0 spiro atoms. The first-order chi connectivity index (χ1) is 20.1. The molecule has 0 bridgehead atoms. The van der Waals surface area contributed by atoms with E-state index in [4.69, 9.17) is 9.47 Å². The van der Waals surface area contributed by atoms with Crippen molar-refractivity contribution < 1.29 is 14.3 Å². The van der Waals surface area contributed by atoms with E-state index in [9.17, 15) is 10.1 Å². The van der Waals surface area contributed by atoms with Gasteiger partial charge in [0.1, 0.15) is 23.6 Å². The summed E-state index contributed by atoms with van der Waals surface area (Å²) in [6, 6.07) is 20.6. The maximum absolute atomic E-state index is 12.3. The van der Waals surface area contributed by atoms with Gasteiger partial charge in [-0.25, -0.2) is 4.98 Å². The molecule has 2 aliphatic rings. The fourth-order valence-electron chi connectivity index (χ4n) is 5.52. The van der Waals surface area contributed by atoms with Crippen LogP contribution in [0.25, 0.3) is 33.4 Å². The Kier molecular flexibility index (Phi) is 7.65. The number of likely N-dealkylation sites (tertiary alicyclic amines) is 1. The zero-order valence-electron chi connectivity index (χ0n) is 23.0. The number of nitriles is 1. The summed E-state index contributed by atoms with van der Waals surface area (Å²) in [6.07, 6.45) is 4.28. The minimum absolute atomic E-state index is 0.0400. The summed E-state index contributed by atoms with van der Waals surface area (Å²) >= 11 is 0. The van der Waals surface area contributed by atoms with Crippen molar-refractivity contribution in [2.24, 2.45) is 4.99 Å². The molecule has 6 rings (SSSR count). The van der Waals surface area contributed by atoms with Crippen LogP contribution in [0.15, 0.2) is 65.8 Å². The summed E-state index contributed by atoms with van der Waals surface area (Å²) in [4.78, 5) is 28.4. The molecular formula is C32H32N6O3. The normalized spacial score (nSPS) is 17.3. The van der Waals surface area contributed by atoms with Crippen LogP contribution >= 0.6 is 0 Å². The Hall–Kier alpha value is -4.68. The quantitative estimate of drug-likeness (QED) is 0.336. The van der Waals surface area contributed by atoms with Gasteiger partial charge in [0.25, 0.3) is 0 Å². The molecule has 0 saturated carbocycles. The molecule has 41 heavy (non-hydrogen) atoms. The van der Waals surface area contributed by atoms with E-state index in [0.29, 0.717) is 30.8 Å². The Labute approximate surface area is 239 Å². The number of fused-ring (bicyclic) bond motifs is 1. The van der Waals surface area contributed by atoms with Crippen molar-refractivity contribution in [2.75, 3.05) is 51.3 Å². The van der Waals surface area contributed by atoms with Gasteiger partial charge in [-0.1, -0.05) is 18.2 Å². The zero-order chi connectivity index (χ0) is 28.2. The number of amides is 1. The molecule has 208 valence electrons. The molecule has 1 atom stereocenters. The number of nitrogens with zero attached hydrogens (tertiary/aromatic N) is 5. The molecule has 2 saturated heterocycles. The van der Waals surface area contributed by atoms with E-state index >= 15 is 0 Å². The van der Waals surface area contributed by atoms with E-state index in [1.165, 1.54) is 5.69 Å². The number of hydrogen-bond acceptors (Lipinski definition) is 7. The topological polar surface area (TPSA) is 107 Å². The molecule has 1 N–H and O–H groups in total. The van der Waals surface area contributed by atoms with Crippen LogP contribution in [0.1, 0.15) is 18.4 Å². The van der Waals surface area contributed by atoms with Crippen molar-refractivity contribution in [3.05, 3.63) is 66.4 Å².